The molecule has 0 atom stereocenters. The highest BCUT2D eigenvalue weighted by Crippen LogP contribution is 2.25. The standard InChI is InChI=1S/C19H24ClN3/c20-17-3-1-15(2-4-17)13-23(14-16-9-11-22-12-10-16)19-7-5-18(21)6-8-19/h1-4,9-12,18-19H,5-8,13-14,21H2. The van der Waals surface area contributed by atoms with Crippen molar-refractivity contribution in [3.05, 3.63) is 64.9 Å². The van der Waals surface area contributed by atoms with Crippen molar-refractivity contribution < 1.29 is 0 Å². The zero-order valence-electron chi connectivity index (χ0n) is 13.4. The molecule has 0 spiro atoms. The van der Waals surface area contributed by atoms with Gasteiger partial charge in [-0.3, -0.25) is 9.88 Å². The average molecular weight is 330 g/mol. The third kappa shape index (κ3) is 4.77. The molecular weight excluding hydrogens is 306 g/mol. The molecule has 0 radical (unpaired) electrons. The maximum atomic E-state index is 6.08. The van der Waals surface area contributed by atoms with E-state index in [0.717, 1.165) is 31.0 Å². The fraction of sp³-hybridized carbons (Fsp3) is 0.421. The summed E-state index contributed by atoms with van der Waals surface area (Å²) in [5.74, 6) is 0. The Morgan fingerprint density at radius 1 is 0.913 bits per heavy atom. The number of benzene rings is 1. The summed E-state index contributed by atoms with van der Waals surface area (Å²) < 4.78 is 0. The van der Waals surface area contributed by atoms with Crippen molar-refractivity contribution in [2.24, 2.45) is 5.73 Å². The van der Waals surface area contributed by atoms with Crippen LogP contribution >= 0.6 is 11.6 Å². The number of hydrogen-bond acceptors (Lipinski definition) is 3. The normalized spacial score (nSPS) is 21.5. The van der Waals surface area contributed by atoms with Crippen molar-refractivity contribution in [2.75, 3.05) is 0 Å². The van der Waals surface area contributed by atoms with Gasteiger partial charge in [0.2, 0.25) is 0 Å². The molecular formula is C19H24ClN3. The Bertz CT molecular complexity index is 592. The first kappa shape index (κ1) is 16.4. The SMILES string of the molecule is NC1CCC(N(Cc2ccncc2)Cc2ccc(Cl)cc2)CC1. The van der Waals surface area contributed by atoms with E-state index in [2.05, 4.69) is 34.1 Å². The van der Waals surface area contributed by atoms with Crippen molar-refractivity contribution in [2.45, 2.75) is 50.9 Å². The minimum Gasteiger partial charge on any atom is -0.328 e. The maximum absolute atomic E-state index is 6.08. The summed E-state index contributed by atoms with van der Waals surface area (Å²) in [4.78, 5) is 6.69. The van der Waals surface area contributed by atoms with Gasteiger partial charge in [0.15, 0.2) is 0 Å². The summed E-state index contributed by atoms with van der Waals surface area (Å²) in [7, 11) is 0. The van der Waals surface area contributed by atoms with Crippen LogP contribution in [0.25, 0.3) is 0 Å². The Labute approximate surface area is 143 Å². The zero-order valence-corrected chi connectivity index (χ0v) is 14.1. The van der Waals surface area contributed by atoms with Gasteiger partial charge in [-0.15, -0.1) is 0 Å². The molecule has 122 valence electrons. The van der Waals surface area contributed by atoms with E-state index >= 15 is 0 Å². The van der Waals surface area contributed by atoms with Crippen LogP contribution in [0.4, 0.5) is 0 Å². The molecule has 1 heterocycles. The molecule has 0 bridgehead atoms. The predicted molar refractivity (Wildman–Crippen MR) is 95.2 cm³/mol. The number of nitrogens with zero attached hydrogens (tertiary/aromatic N) is 2. The molecule has 3 nitrogen and oxygen atoms in total. The Kier molecular flexibility index (Phi) is 5.65. The highest BCUT2D eigenvalue weighted by Gasteiger charge is 2.24. The monoisotopic (exact) mass is 329 g/mol. The van der Waals surface area contributed by atoms with Crippen molar-refractivity contribution in [1.82, 2.24) is 9.88 Å². The third-order valence-electron chi connectivity index (χ3n) is 4.69. The Hall–Kier alpha value is -1.42. The molecule has 1 aliphatic rings. The lowest BCUT2D eigenvalue weighted by atomic mass is 9.90. The van der Waals surface area contributed by atoms with Crippen LogP contribution in [0.1, 0.15) is 36.8 Å². The molecule has 0 aliphatic heterocycles. The predicted octanol–water partition coefficient (Wildman–Crippen LogP) is 4.01. The summed E-state index contributed by atoms with van der Waals surface area (Å²) in [6, 6.07) is 13.4. The lowest BCUT2D eigenvalue weighted by Crippen LogP contribution is -2.40. The molecule has 0 saturated heterocycles. The minimum absolute atomic E-state index is 0.379. The van der Waals surface area contributed by atoms with Gasteiger partial charge in [0.1, 0.15) is 0 Å². The second kappa shape index (κ2) is 7.91. The van der Waals surface area contributed by atoms with Crippen LogP contribution in [-0.4, -0.2) is 22.0 Å². The van der Waals surface area contributed by atoms with Gasteiger partial charge in [0.05, 0.1) is 0 Å². The number of halogens is 1. The zero-order chi connectivity index (χ0) is 16.1. The molecule has 3 rings (SSSR count). The quantitative estimate of drug-likeness (QED) is 0.901. The smallest absolute Gasteiger partial charge is 0.0406 e. The Morgan fingerprint density at radius 2 is 1.48 bits per heavy atom. The molecule has 2 aromatic rings. The summed E-state index contributed by atoms with van der Waals surface area (Å²) in [6.07, 6.45) is 8.34. The number of hydrogen-bond donors (Lipinski definition) is 1. The first-order valence-electron chi connectivity index (χ1n) is 8.33. The van der Waals surface area contributed by atoms with Crippen LogP contribution < -0.4 is 5.73 Å². The molecule has 1 aromatic carbocycles. The number of pyridine rings is 1. The van der Waals surface area contributed by atoms with Gasteiger partial charge in [0, 0.05) is 42.6 Å². The summed E-state index contributed by atoms with van der Waals surface area (Å²) in [6.45, 7) is 1.89. The van der Waals surface area contributed by atoms with Gasteiger partial charge in [-0.25, -0.2) is 0 Å². The fourth-order valence-electron chi connectivity index (χ4n) is 3.33. The summed E-state index contributed by atoms with van der Waals surface area (Å²) in [5.41, 5.74) is 8.69. The molecule has 0 unspecified atom stereocenters. The molecule has 1 aliphatic carbocycles. The largest absolute Gasteiger partial charge is 0.328 e. The van der Waals surface area contributed by atoms with E-state index in [9.17, 15) is 0 Å². The van der Waals surface area contributed by atoms with E-state index in [-0.39, 0.29) is 0 Å². The summed E-state index contributed by atoms with van der Waals surface area (Å²) >= 11 is 6.01. The van der Waals surface area contributed by atoms with Crippen molar-refractivity contribution >= 4 is 11.6 Å². The van der Waals surface area contributed by atoms with E-state index in [1.54, 1.807) is 0 Å². The fourth-order valence-corrected chi connectivity index (χ4v) is 3.45. The molecule has 2 N–H and O–H groups in total. The molecule has 4 heteroatoms. The van der Waals surface area contributed by atoms with Gasteiger partial charge in [0.25, 0.3) is 0 Å². The highest BCUT2D eigenvalue weighted by molar-refractivity contribution is 6.30. The average Bonchev–Trinajstić information content (AvgIpc) is 2.58. The lowest BCUT2D eigenvalue weighted by Gasteiger charge is -2.36. The van der Waals surface area contributed by atoms with E-state index in [1.165, 1.54) is 24.0 Å². The molecule has 1 aromatic heterocycles. The highest BCUT2D eigenvalue weighted by atomic mass is 35.5. The number of nitrogens with two attached hydrogens (primary N) is 1. The van der Waals surface area contributed by atoms with Crippen LogP contribution in [0.15, 0.2) is 48.8 Å². The van der Waals surface area contributed by atoms with Crippen molar-refractivity contribution in [1.29, 1.82) is 0 Å². The number of aromatic nitrogens is 1. The van der Waals surface area contributed by atoms with Gasteiger partial charge < -0.3 is 5.73 Å². The van der Waals surface area contributed by atoms with Gasteiger partial charge in [-0.2, -0.15) is 0 Å². The Balaban J connectivity index is 1.73. The lowest BCUT2D eigenvalue weighted by molar-refractivity contribution is 0.134. The molecule has 1 fully saturated rings. The minimum atomic E-state index is 0.379. The van der Waals surface area contributed by atoms with Crippen LogP contribution in [0.2, 0.25) is 5.02 Å². The van der Waals surface area contributed by atoms with Gasteiger partial charge in [-0.05, 0) is 61.1 Å². The topological polar surface area (TPSA) is 42.1 Å². The molecule has 1 saturated carbocycles. The third-order valence-corrected chi connectivity index (χ3v) is 4.94. The Morgan fingerprint density at radius 3 is 2.09 bits per heavy atom. The van der Waals surface area contributed by atoms with Crippen LogP contribution in [0, 0.1) is 0 Å². The van der Waals surface area contributed by atoms with Crippen LogP contribution in [0.5, 0.6) is 0 Å². The second-order valence-corrected chi connectivity index (χ2v) is 6.89. The molecule has 23 heavy (non-hydrogen) atoms. The number of rotatable bonds is 5. The van der Waals surface area contributed by atoms with Crippen molar-refractivity contribution in [3.8, 4) is 0 Å². The van der Waals surface area contributed by atoms with Crippen molar-refractivity contribution in [3.63, 3.8) is 0 Å². The van der Waals surface area contributed by atoms with E-state index in [4.69, 9.17) is 17.3 Å². The van der Waals surface area contributed by atoms with Crippen LogP contribution in [-0.2, 0) is 13.1 Å². The van der Waals surface area contributed by atoms with E-state index in [1.807, 2.05) is 24.5 Å². The maximum Gasteiger partial charge on any atom is 0.0406 e. The van der Waals surface area contributed by atoms with Gasteiger partial charge in [-0.1, -0.05) is 23.7 Å². The van der Waals surface area contributed by atoms with E-state index in [0.29, 0.717) is 12.1 Å². The molecule has 0 amide bonds. The second-order valence-electron chi connectivity index (χ2n) is 6.46. The van der Waals surface area contributed by atoms with Crippen LogP contribution in [0.3, 0.4) is 0 Å². The van der Waals surface area contributed by atoms with E-state index < -0.39 is 0 Å². The first-order chi connectivity index (χ1) is 11.2. The summed E-state index contributed by atoms with van der Waals surface area (Å²) in [5, 5.41) is 0.790. The van der Waals surface area contributed by atoms with Gasteiger partial charge >= 0.3 is 0 Å². The first-order valence-corrected chi connectivity index (χ1v) is 8.71.